The number of para-hydroxylation sites is 1. The lowest BCUT2D eigenvalue weighted by Gasteiger charge is -2.31. The summed E-state index contributed by atoms with van der Waals surface area (Å²) < 4.78 is 38.9. The fourth-order valence-corrected chi connectivity index (χ4v) is 5.44. The van der Waals surface area contributed by atoms with Gasteiger partial charge >= 0.3 is 0 Å². The minimum absolute atomic E-state index is 0.0727. The highest BCUT2D eigenvalue weighted by molar-refractivity contribution is 7.97. The zero-order valence-corrected chi connectivity index (χ0v) is 18.9. The summed E-state index contributed by atoms with van der Waals surface area (Å²) in [6.07, 6.45) is 1.27. The third kappa shape index (κ3) is 4.03. The first kappa shape index (κ1) is 21.4. The van der Waals surface area contributed by atoms with Crippen LogP contribution in [0.3, 0.4) is 0 Å². The predicted octanol–water partition coefficient (Wildman–Crippen LogP) is 4.23. The highest BCUT2D eigenvalue weighted by Gasteiger charge is 2.40. The Morgan fingerprint density at radius 2 is 1.70 bits per heavy atom. The molecule has 0 atom stereocenters. The van der Waals surface area contributed by atoms with Gasteiger partial charge in [-0.2, -0.15) is 0 Å². The van der Waals surface area contributed by atoms with Crippen molar-refractivity contribution in [3.05, 3.63) is 99.5 Å². The van der Waals surface area contributed by atoms with Crippen LogP contribution < -0.4 is 19.1 Å². The molecule has 2 aliphatic heterocycles. The van der Waals surface area contributed by atoms with Crippen LogP contribution in [-0.4, -0.2) is 21.0 Å². The number of sulfonamides is 1. The lowest BCUT2D eigenvalue weighted by atomic mass is 10.1. The molecule has 0 fully saturated rings. The molecule has 0 aromatic heterocycles. The van der Waals surface area contributed by atoms with Gasteiger partial charge in [0.05, 0.1) is 12.2 Å². The number of ketones is 1. The Morgan fingerprint density at radius 3 is 2.52 bits per heavy atom. The van der Waals surface area contributed by atoms with Crippen LogP contribution in [0.1, 0.15) is 21.5 Å². The zero-order valence-electron chi connectivity index (χ0n) is 17.3. The first-order chi connectivity index (χ1) is 15.9. The second-order valence-corrected chi connectivity index (χ2v) is 9.83. The molecule has 2 aliphatic rings. The summed E-state index contributed by atoms with van der Waals surface area (Å²) in [5.41, 5.74) is 2.29. The SMILES string of the molecule is O=C1C(=CNCc2ccc3c(c2)OCO3)S(=O)(=O)N(Cc2ccc(Cl)cc2)c2ccccc21. The molecule has 5 rings (SSSR count). The maximum absolute atomic E-state index is 13.5. The highest BCUT2D eigenvalue weighted by Crippen LogP contribution is 2.36. The van der Waals surface area contributed by atoms with E-state index in [1.54, 1.807) is 54.6 Å². The first-order valence-electron chi connectivity index (χ1n) is 10.2. The number of fused-ring (bicyclic) bond motifs is 2. The lowest BCUT2D eigenvalue weighted by Crippen LogP contribution is -2.39. The van der Waals surface area contributed by atoms with Crippen LogP contribution in [0.15, 0.2) is 77.8 Å². The van der Waals surface area contributed by atoms with E-state index in [1.165, 1.54) is 10.5 Å². The summed E-state index contributed by atoms with van der Waals surface area (Å²) in [4.78, 5) is 12.8. The van der Waals surface area contributed by atoms with E-state index in [2.05, 4.69) is 5.32 Å². The van der Waals surface area contributed by atoms with Crippen molar-refractivity contribution >= 4 is 33.1 Å². The Balaban J connectivity index is 1.45. The number of allylic oxidation sites excluding steroid dienone is 1. The van der Waals surface area contributed by atoms with Gasteiger partial charge in [-0.1, -0.05) is 41.9 Å². The number of carbonyl (C=O) groups is 1. The molecule has 3 aromatic carbocycles. The van der Waals surface area contributed by atoms with Gasteiger partial charge < -0.3 is 14.8 Å². The van der Waals surface area contributed by atoms with E-state index in [0.717, 1.165) is 11.1 Å². The summed E-state index contributed by atoms with van der Waals surface area (Å²) in [5.74, 6) is 0.749. The second-order valence-electron chi connectivity index (χ2n) is 7.56. The van der Waals surface area contributed by atoms with Gasteiger partial charge in [0.1, 0.15) is 0 Å². The third-order valence-electron chi connectivity index (χ3n) is 5.42. The number of nitrogens with zero attached hydrogens (tertiary/aromatic N) is 1. The van der Waals surface area contributed by atoms with Crippen LogP contribution >= 0.6 is 11.6 Å². The number of hydrogen-bond acceptors (Lipinski definition) is 6. The lowest BCUT2D eigenvalue weighted by molar-refractivity contribution is 0.104. The molecule has 0 amide bonds. The third-order valence-corrected chi connectivity index (χ3v) is 7.44. The summed E-state index contributed by atoms with van der Waals surface area (Å²) in [6, 6.07) is 19.1. The Bertz CT molecular complexity index is 1370. The Kier molecular flexibility index (Phi) is 5.47. The molecule has 2 heterocycles. The fraction of sp³-hybridized carbons (Fsp3) is 0.125. The monoisotopic (exact) mass is 482 g/mol. The van der Waals surface area contributed by atoms with Crippen molar-refractivity contribution in [2.45, 2.75) is 13.1 Å². The van der Waals surface area contributed by atoms with Crippen molar-refractivity contribution in [3.8, 4) is 11.5 Å². The van der Waals surface area contributed by atoms with Gasteiger partial charge in [0.15, 0.2) is 16.4 Å². The average Bonchev–Trinajstić information content (AvgIpc) is 3.28. The van der Waals surface area contributed by atoms with E-state index >= 15 is 0 Å². The fourth-order valence-electron chi connectivity index (χ4n) is 3.76. The minimum atomic E-state index is -4.09. The summed E-state index contributed by atoms with van der Waals surface area (Å²) >= 11 is 5.96. The number of anilines is 1. The van der Waals surface area contributed by atoms with Crippen LogP contribution in [0, 0.1) is 0 Å². The molecule has 0 unspecified atom stereocenters. The quantitative estimate of drug-likeness (QED) is 0.548. The van der Waals surface area contributed by atoms with E-state index in [4.69, 9.17) is 21.1 Å². The van der Waals surface area contributed by atoms with Crippen LogP contribution in [0.2, 0.25) is 5.02 Å². The average molecular weight is 483 g/mol. The Morgan fingerprint density at radius 1 is 0.970 bits per heavy atom. The standard InChI is InChI=1S/C24H19ClN2O5S/c25-18-8-5-16(6-9-18)14-27-20-4-2-1-3-19(20)24(28)23(33(27,29)30)13-26-12-17-7-10-21-22(11-17)32-15-31-21/h1-11,13,26H,12,14-15H2. The molecular formula is C24H19ClN2O5S. The number of rotatable bonds is 5. The topological polar surface area (TPSA) is 84.9 Å². The summed E-state index contributed by atoms with van der Waals surface area (Å²) in [6.45, 7) is 0.553. The van der Waals surface area contributed by atoms with Gasteiger partial charge in [0.2, 0.25) is 12.6 Å². The molecule has 0 saturated carbocycles. The number of Topliss-reactive ketones (excluding diaryl/α,β-unsaturated/α-hetero) is 1. The maximum atomic E-state index is 13.5. The number of nitrogens with one attached hydrogen (secondary N) is 1. The normalized spacial score (nSPS) is 17.2. The molecule has 1 N–H and O–H groups in total. The van der Waals surface area contributed by atoms with Crippen LogP contribution in [0.25, 0.3) is 0 Å². The number of hydrogen-bond donors (Lipinski definition) is 1. The van der Waals surface area contributed by atoms with Crippen molar-refractivity contribution in [2.24, 2.45) is 0 Å². The molecule has 0 bridgehead atoms. The molecule has 3 aromatic rings. The molecule has 0 radical (unpaired) electrons. The van der Waals surface area contributed by atoms with Gasteiger partial charge in [-0.3, -0.25) is 9.10 Å². The summed E-state index contributed by atoms with van der Waals surface area (Å²) in [5, 5.41) is 3.53. The van der Waals surface area contributed by atoms with E-state index in [1.807, 2.05) is 12.1 Å². The van der Waals surface area contributed by atoms with Crippen molar-refractivity contribution in [1.29, 1.82) is 0 Å². The van der Waals surface area contributed by atoms with Crippen LogP contribution in [0.5, 0.6) is 11.5 Å². The molecule has 7 nitrogen and oxygen atoms in total. The molecule has 33 heavy (non-hydrogen) atoms. The largest absolute Gasteiger partial charge is 0.454 e. The van der Waals surface area contributed by atoms with Gasteiger partial charge in [0.25, 0.3) is 10.0 Å². The molecular weight excluding hydrogens is 464 g/mol. The van der Waals surface area contributed by atoms with Crippen molar-refractivity contribution in [2.75, 3.05) is 11.1 Å². The molecule has 0 saturated heterocycles. The van der Waals surface area contributed by atoms with Crippen molar-refractivity contribution < 1.29 is 22.7 Å². The van der Waals surface area contributed by atoms with Gasteiger partial charge in [0, 0.05) is 23.3 Å². The zero-order chi connectivity index (χ0) is 23.0. The smallest absolute Gasteiger partial charge is 0.270 e. The number of benzene rings is 3. The van der Waals surface area contributed by atoms with Crippen LogP contribution in [-0.2, 0) is 23.1 Å². The Hall–Kier alpha value is -3.49. The van der Waals surface area contributed by atoms with E-state index < -0.39 is 15.8 Å². The van der Waals surface area contributed by atoms with Crippen molar-refractivity contribution in [3.63, 3.8) is 0 Å². The molecule has 0 spiro atoms. The number of halogens is 1. The predicted molar refractivity (Wildman–Crippen MR) is 125 cm³/mol. The summed E-state index contributed by atoms with van der Waals surface area (Å²) in [7, 11) is -4.09. The second kappa shape index (κ2) is 8.46. The van der Waals surface area contributed by atoms with E-state index in [9.17, 15) is 13.2 Å². The van der Waals surface area contributed by atoms with Gasteiger partial charge in [-0.25, -0.2) is 8.42 Å². The molecule has 168 valence electrons. The molecule has 9 heteroatoms. The van der Waals surface area contributed by atoms with Crippen molar-refractivity contribution in [1.82, 2.24) is 5.32 Å². The van der Waals surface area contributed by atoms with E-state index in [-0.39, 0.29) is 18.2 Å². The number of ether oxygens (including phenoxy) is 2. The maximum Gasteiger partial charge on any atom is 0.270 e. The highest BCUT2D eigenvalue weighted by atomic mass is 35.5. The Labute approximate surface area is 196 Å². The minimum Gasteiger partial charge on any atom is -0.454 e. The number of carbonyl (C=O) groups excluding carboxylic acids is 1. The first-order valence-corrected chi connectivity index (χ1v) is 12.0. The van der Waals surface area contributed by atoms with E-state index in [0.29, 0.717) is 34.3 Å². The van der Waals surface area contributed by atoms with Gasteiger partial charge in [-0.05, 0) is 47.5 Å². The molecule has 0 aliphatic carbocycles. The van der Waals surface area contributed by atoms with Crippen LogP contribution in [0.4, 0.5) is 5.69 Å². The van der Waals surface area contributed by atoms with Gasteiger partial charge in [-0.15, -0.1) is 0 Å².